The molecule has 0 aliphatic carbocycles. The van der Waals surface area contributed by atoms with Crippen molar-refractivity contribution in [3.05, 3.63) is 35.0 Å². The maximum Gasteiger partial charge on any atom is 0.122 e. The average Bonchev–Trinajstić information content (AvgIpc) is 2.80. The monoisotopic (exact) mass is 257 g/mol. The third kappa shape index (κ3) is 2.24. The standard InChI is InChI=1S/C15H19N3O/c1-10-13(6-7-16)15(18-17-10)12-4-5-14-11(9-12)3-2-8-19-14/h4-5,9H,2-3,6-8,16H2,1H3,(H,17,18). The normalized spacial score (nSPS) is 14.0. The van der Waals surface area contributed by atoms with Gasteiger partial charge in [-0.2, -0.15) is 5.10 Å². The molecule has 1 aromatic carbocycles. The van der Waals surface area contributed by atoms with E-state index in [0.29, 0.717) is 6.54 Å². The second-order valence-electron chi connectivity index (χ2n) is 4.99. The zero-order chi connectivity index (χ0) is 13.2. The van der Waals surface area contributed by atoms with Gasteiger partial charge in [-0.05, 0) is 56.5 Å². The summed E-state index contributed by atoms with van der Waals surface area (Å²) in [6.07, 6.45) is 3.02. The van der Waals surface area contributed by atoms with Gasteiger partial charge < -0.3 is 10.5 Å². The highest BCUT2D eigenvalue weighted by atomic mass is 16.5. The highest BCUT2D eigenvalue weighted by Gasteiger charge is 2.15. The van der Waals surface area contributed by atoms with E-state index >= 15 is 0 Å². The molecule has 1 aliphatic rings. The Morgan fingerprint density at radius 3 is 3.16 bits per heavy atom. The topological polar surface area (TPSA) is 63.9 Å². The number of ether oxygens (including phenoxy) is 1. The van der Waals surface area contributed by atoms with E-state index in [1.165, 1.54) is 11.1 Å². The number of H-pyrrole nitrogens is 1. The molecule has 0 bridgehead atoms. The summed E-state index contributed by atoms with van der Waals surface area (Å²) in [5.41, 5.74) is 11.5. The Hall–Kier alpha value is -1.81. The number of benzene rings is 1. The van der Waals surface area contributed by atoms with Crippen LogP contribution in [-0.2, 0) is 12.8 Å². The van der Waals surface area contributed by atoms with Crippen LogP contribution >= 0.6 is 0 Å². The SMILES string of the molecule is Cc1[nH]nc(-c2ccc3c(c2)CCCO3)c1CCN. The summed E-state index contributed by atoms with van der Waals surface area (Å²) in [5, 5.41) is 7.50. The van der Waals surface area contributed by atoms with E-state index in [9.17, 15) is 0 Å². The lowest BCUT2D eigenvalue weighted by Gasteiger charge is -2.17. The van der Waals surface area contributed by atoms with Crippen molar-refractivity contribution < 1.29 is 4.74 Å². The smallest absolute Gasteiger partial charge is 0.122 e. The van der Waals surface area contributed by atoms with E-state index in [1.807, 2.05) is 6.92 Å². The van der Waals surface area contributed by atoms with E-state index < -0.39 is 0 Å². The number of hydrogen-bond acceptors (Lipinski definition) is 3. The number of fused-ring (bicyclic) bond motifs is 1. The Kier molecular flexibility index (Phi) is 3.25. The number of aromatic amines is 1. The number of hydrogen-bond donors (Lipinski definition) is 2. The molecule has 0 atom stereocenters. The van der Waals surface area contributed by atoms with Gasteiger partial charge in [0.15, 0.2) is 0 Å². The molecule has 100 valence electrons. The van der Waals surface area contributed by atoms with Gasteiger partial charge >= 0.3 is 0 Å². The lowest BCUT2D eigenvalue weighted by atomic mass is 9.98. The molecule has 3 N–H and O–H groups in total. The van der Waals surface area contributed by atoms with Gasteiger partial charge in [0.25, 0.3) is 0 Å². The lowest BCUT2D eigenvalue weighted by molar-refractivity contribution is 0.288. The van der Waals surface area contributed by atoms with Crippen molar-refractivity contribution in [1.29, 1.82) is 0 Å². The van der Waals surface area contributed by atoms with Crippen LogP contribution in [-0.4, -0.2) is 23.3 Å². The Balaban J connectivity index is 2.02. The van der Waals surface area contributed by atoms with Crippen LogP contribution < -0.4 is 10.5 Å². The third-order valence-corrected chi connectivity index (χ3v) is 3.65. The van der Waals surface area contributed by atoms with Crippen molar-refractivity contribution in [2.24, 2.45) is 5.73 Å². The van der Waals surface area contributed by atoms with Crippen molar-refractivity contribution >= 4 is 0 Å². The third-order valence-electron chi connectivity index (χ3n) is 3.65. The molecule has 0 fully saturated rings. The molecule has 19 heavy (non-hydrogen) atoms. The molecule has 2 aromatic rings. The predicted molar refractivity (Wildman–Crippen MR) is 75.3 cm³/mol. The van der Waals surface area contributed by atoms with Gasteiger partial charge in [-0.3, -0.25) is 5.10 Å². The maximum atomic E-state index is 5.68. The molecular formula is C15H19N3O. The first-order valence-corrected chi connectivity index (χ1v) is 6.79. The number of nitrogens with zero attached hydrogens (tertiary/aromatic N) is 1. The number of nitrogens with one attached hydrogen (secondary N) is 1. The minimum absolute atomic E-state index is 0.640. The van der Waals surface area contributed by atoms with E-state index in [4.69, 9.17) is 10.5 Å². The summed E-state index contributed by atoms with van der Waals surface area (Å²) in [7, 11) is 0. The van der Waals surface area contributed by atoms with Gasteiger partial charge in [-0.1, -0.05) is 0 Å². The molecule has 0 spiro atoms. The van der Waals surface area contributed by atoms with Crippen LogP contribution in [0.25, 0.3) is 11.3 Å². The van der Waals surface area contributed by atoms with Crippen LogP contribution in [0, 0.1) is 6.92 Å². The van der Waals surface area contributed by atoms with Gasteiger partial charge in [-0.25, -0.2) is 0 Å². The van der Waals surface area contributed by atoms with E-state index in [-0.39, 0.29) is 0 Å². The Morgan fingerprint density at radius 2 is 2.32 bits per heavy atom. The fraction of sp³-hybridized carbons (Fsp3) is 0.400. The Morgan fingerprint density at radius 1 is 1.42 bits per heavy atom. The minimum Gasteiger partial charge on any atom is -0.493 e. The Bertz CT molecular complexity index is 589. The molecule has 1 aromatic heterocycles. The fourth-order valence-corrected chi connectivity index (χ4v) is 2.65. The summed E-state index contributed by atoms with van der Waals surface area (Å²) >= 11 is 0. The van der Waals surface area contributed by atoms with Gasteiger partial charge in [0.1, 0.15) is 5.75 Å². The van der Waals surface area contributed by atoms with Crippen LogP contribution in [0.4, 0.5) is 0 Å². The van der Waals surface area contributed by atoms with Crippen molar-refractivity contribution in [3.63, 3.8) is 0 Å². The lowest BCUT2D eigenvalue weighted by Crippen LogP contribution is -2.08. The maximum absolute atomic E-state index is 5.68. The van der Waals surface area contributed by atoms with Crippen LogP contribution in [0.5, 0.6) is 5.75 Å². The molecule has 4 heteroatoms. The molecule has 0 saturated heterocycles. The second kappa shape index (κ2) is 5.05. The number of aromatic nitrogens is 2. The van der Waals surface area contributed by atoms with Crippen LogP contribution in [0.1, 0.15) is 23.2 Å². The molecule has 4 nitrogen and oxygen atoms in total. The number of nitrogens with two attached hydrogens (primary N) is 1. The van der Waals surface area contributed by atoms with Crippen LogP contribution in [0.2, 0.25) is 0 Å². The van der Waals surface area contributed by atoms with Gasteiger partial charge in [-0.15, -0.1) is 0 Å². The first-order chi connectivity index (χ1) is 9.29. The molecule has 0 radical (unpaired) electrons. The zero-order valence-corrected chi connectivity index (χ0v) is 11.2. The number of aryl methyl sites for hydroxylation is 2. The second-order valence-corrected chi connectivity index (χ2v) is 4.99. The molecule has 1 aliphatic heterocycles. The summed E-state index contributed by atoms with van der Waals surface area (Å²) in [6.45, 7) is 3.51. The van der Waals surface area contributed by atoms with Crippen molar-refractivity contribution in [3.8, 4) is 17.0 Å². The largest absolute Gasteiger partial charge is 0.493 e. The first-order valence-electron chi connectivity index (χ1n) is 6.79. The zero-order valence-electron chi connectivity index (χ0n) is 11.2. The van der Waals surface area contributed by atoms with Crippen molar-refractivity contribution in [1.82, 2.24) is 10.2 Å². The average molecular weight is 257 g/mol. The van der Waals surface area contributed by atoms with Gasteiger partial charge in [0.05, 0.1) is 12.3 Å². The predicted octanol–water partition coefficient (Wildman–Crippen LogP) is 2.21. The van der Waals surface area contributed by atoms with Gasteiger partial charge in [0.2, 0.25) is 0 Å². The molecule has 3 rings (SSSR count). The minimum atomic E-state index is 0.640. The number of rotatable bonds is 3. The van der Waals surface area contributed by atoms with E-state index in [0.717, 1.165) is 48.6 Å². The quantitative estimate of drug-likeness (QED) is 0.886. The highest BCUT2D eigenvalue weighted by molar-refractivity contribution is 5.66. The van der Waals surface area contributed by atoms with Crippen LogP contribution in [0.15, 0.2) is 18.2 Å². The molecular weight excluding hydrogens is 238 g/mol. The summed E-state index contributed by atoms with van der Waals surface area (Å²) in [4.78, 5) is 0. The highest BCUT2D eigenvalue weighted by Crippen LogP contribution is 2.31. The van der Waals surface area contributed by atoms with Crippen LogP contribution in [0.3, 0.4) is 0 Å². The summed E-state index contributed by atoms with van der Waals surface area (Å²) in [6, 6.07) is 6.34. The molecule has 2 heterocycles. The molecule has 0 unspecified atom stereocenters. The first kappa shape index (κ1) is 12.2. The molecule has 0 saturated carbocycles. The van der Waals surface area contributed by atoms with Crippen molar-refractivity contribution in [2.45, 2.75) is 26.2 Å². The summed E-state index contributed by atoms with van der Waals surface area (Å²) in [5.74, 6) is 1.02. The molecule has 0 amide bonds. The fourth-order valence-electron chi connectivity index (χ4n) is 2.65. The van der Waals surface area contributed by atoms with E-state index in [2.05, 4.69) is 28.4 Å². The van der Waals surface area contributed by atoms with Crippen molar-refractivity contribution in [2.75, 3.05) is 13.2 Å². The Labute approximate surface area is 113 Å². The summed E-state index contributed by atoms with van der Waals surface area (Å²) < 4.78 is 5.65. The van der Waals surface area contributed by atoms with E-state index in [1.54, 1.807) is 0 Å². The van der Waals surface area contributed by atoms with Gasteiger partial charge in [0, 0.05) is 16.8 Å².